The lowest BCUT2D eigenvalue weighted by Gasteiger charge is -2.11. The van der Waals surface area contributed by atoms with E-state index in [0.29, 0.717) is 43.0 Å². The number of fused-ring (bicyclic) bond motifs is 1. The summed E-state index contributed by atoms with van der Waals surface area (Å²) in [7, 11) is 1.57. The molecule has 25 heavy (non-hydrogen) atoms. The number of anilines is 1. The number of hydrogen-bond acceptors (Lipinski definition) is 7. The van der Waals surface area contributed by atoms with Crippen LogP contribution in [0.2, 0.25) is 0 Å². The second-order valence-corrected chi connectivity index (χ2v) is 6.99. The van der Waals surface area contributed by atoms with Gasteiger partial charge in [-0.3, -0.25) is 4.79 Å². The van der Waals surface area contributed by atoms with Gasteiger partial charge in [0.1, 0.15) is 0 Å². The van der Waals surface area contributed by atoms with Gasteiger partial charge in [0.2, 0.25) is 11.8 Å². The van der Waals surface area contributed by atoms with E-state index < -0.39 is 0 Å². The van der Waals surface area contributed by atoms with Crippen molar-refractivity contribution < 1.29 is 13.9 Å². The molecule has 0 saturated carbocycles. The first-order chi connectivity index (χ1) is 11.8. The molecule has 1 amide bonds. The van der Waals surface area contributed by atoms with Crippen LogP contribution in [0, 0.1) is 0 Å². The van der Waals surface area contributed by atoms with Gasteiger partial charge in [-0.15, -0.1) is 5.10 Å². The van der Waals surface area contributed by atoms with Gasteiger partial charge in [0.05, 0.1) is 24.9 Å². The highest BCUT2D eigenvalue weighted by Crippen LogP contribution is 2.28. The van der Waals surface area contributed by atoms with E-state index in [0.717, 1.165) is 11.3 Å². The highest BCUT2D eigenvalue weighted by atomic mass is 16.5. The maximum Gasteiger partial charge on any atom is 0.315 e. The van der Waals surface area contributed by atoms with E-state index >= 15 is 0 Å². The third-order valence-electron chi connectivity index (χ3n) is 4.07. The Morgan fingerprint density at radius 3 is 2.72 bits per heavy atom. The number of ether oxygens (including phenoxy) is 1. The summed E-state index contributed by atoms with van der Waals surface area (Å²) < 4.78 is 11.0. The largest absolute Gasteiger partial charge is 0.481 e. The molecule has 0 spiro atoms. The fourth-order valence-corrected chi connectivity index (χ4v) is 2.63. The van der Waals surface area contributed by atoms with Crippen LogP contribution in [0.1, 0.15) is 55.2 Å². The van der Waals surface area contributed by atoms with Crippen molar-refractivity contribution in [3.63, 3.8) is 0 Å². The van der Waals surface area contributed by atoms with E-state index in [4.69, 9.17) is 9.15 Å². The fourth-order valence-electron chi connectivity index (χ4n) is 2.63. The highest BCUT2D eigenvalue weighted by molar-refractivity contribution is 5.98. The summed E-state index contributed by atoms with van der Waals surface area (Å²) in [4.78, 5) is 18.6. The Morgan fingerprint density at radius 1 is 1.36 bits per heavy atom. The number of methoxy groups -OCH3 is 1. The molecule has 2 aromatic rings. The van der Waals surface area contributed by atoms with Crippen LogP contribution < -0.4 is 10.1 Å². The molecule has 3 heterocycles. The minimum absolute atomic E-state index is 0.00159. The van der Waals surface area contributed by atoms with Crippen molar-refractivity contribution >= 4 is 11.9 Å². The standard InChI is InChI=1S/C17H23N5O3/c1-6-22-9-12-11(14(22)23)7-10(13(19-12)24-5)8-18-16-21-20-15(25-16)17(2,3)4/h7H,6,8-9H2,1-5H3,(H,18,21). The van der Waals surface area contributed by atoms with Crippen LogP contribution >= 0.6 is 0 Å². The number of carbonyl (C=O) groups is 1. The Hall–Kier alpha value is -2.64. The summed E-state index contributed by atoms with van der Waals surface area (Å²) >= 11 is 0. The molecule has 1 aliphatic rings. The number of nitrogens with one attached hydrogen (secondary N) is 1. The quantitative estimate of drug-likeness (QED) is 0.889. The van der Waals surface area contributed by atoms with Crippen LogP contribution in [-0.2, 0) is 18.5 Å². The van der Waals surface area contributed by atoms with Crippen LogP contribution in [0.15, 0.2) is 10.5 Å². The Morgan fingerprint density at radius 2 is 2.12 bits per heavy atom. The number of hydrogen-bond donors (Lipinski definition) is 1. The number of aromatic nitrogens is 3. The Bertz CT molecular complexity index is 794. The molecule has 8 heteroatoms. The molecular weight excluding hydrogens is 322 g/mol. The summed E-state index contributed by atoms with van der Waals surface area (Å²) in [5.41, 5.74) is 1.93. The lowest BCUT2D eigenvalue weighted by Crippen LogP contribution is -2.23. The van der Waals surface area contributed by atoms with Crippen LogP contribution in [0.5, 0.6) is 5.88 Å². The third-order valence-corrected chi connectivity index (χ3v) is 4.07. The molecule has 0 atom stereocenters. The number of nitrogens with zero attached hydrogens (tertiary/aromatic N) is 4. The van der Waals surface area contributed by atoms with E-state index in [1.165, 1.54) is 0 Å². The van der Waals surface area contributed by atoms with Crippen LogP contribution in [0.4, 0.5) is 6.01 Å². The molecule has 0 saturated heterocycles. The minimum atomic E-state index is -0.213. The van der Waals surface area contributed by atoms with E-state index in [-0.39, 0.29) is 11.3 Å². The van der Waals surface area contributed by atoms with Crippen LogP contribution in [0.3, 0.4) is 0 Å². The first-order valence-corrected chi connectivity index (χ1v) is 8.27. The van der Waals surface area contributed by atoms with Crippen LogP contribution in [0.25, 0.3) is 0 Å². The molecule has 0 aliphatic carbocycles. The molecule has 0 fully saturated rings. The predicted octanol–water partition coefficient (Wildman–Crippen LogP) is 2.36. The first kappa shape index (κ1) is 17.2. The number of pyridine rings is 1. The molecular formula is C17H23N5O3. The molecule has 2 aromatic heterocycles. The van der Waals surface area contributed by atoms with Crippen molar-refractivity contribution in [1.82, 2.24) is 20.1 Å². The van der Waals surface area contributed by atoms with E-state index in [1.807, 2.05) is 33.8 Å². The van der Waals surface area contributed by atoms with Crippen molar-refractivity contribution in [2.24, 2.45) is 0 Å². The molecule has 1 aliphatic heterocycles. The lowest BCUT2D eigenvalue weighted by molar-refractivity contribution is 0.0786. The SMILES string of the molecule is CCN1Cc2nc(OC)c(CNc3nnc(C(C)(C)C)o3)cc2C1=O. The number of rotatable bonds is 5. The van der Waals surface area contributed by atoms with Gasteiger partial charge in [-0.25, -0.2) is 4.98 Å². The second-order valence-electron chi connectivity index (χ2n) is 6.99. The van der Waals surface area contributed by atoms with Crippen molar-refractivity contribution in [2.45, 2.75) is 46.2 Å². The molecule has 8 nitrogen and oxygen atoms in total. The highest BCUT2D eigenvalue weighted by Gasteiger charge is 2.29. The topological polar surface area (TPSA) is 93.4 Å². The summed E-state index contributed by atoms with van der Waals surface area (Å²) in [5.74, 6) is 1.05. The minimum Gasteiger partial charge on any atom is -0.481 e. The number of carbonyl (C=O) groups excluding carboxylic acids is 1. The first-order valence-electron chi connectivity index (χ1n) is 8.27. The Labute approximate surface area is 146 Å². The van der Waals surface area contributed by atoms with Gasteiger partial charge in [0.15, 0.2) is 0 Å². The zero-order chi connectivity index (χ0) is 18.2. The van der Waals surface area contributed by atoms with Gasteiger partial charge in [-0.2, -0.15) is 0 Å². The molecule has 3 rings (SSSR count). The average Bonchev–Trinajstić information content (AvgIpc) is 3.17. The summed E-state index contributed by atoms with van der Waals surface area (Å²) in [6, 6.07) is 2.15. The van der Waals surface area contributed by atoms with E-state index in [9.17, 15) is 4.79 Å². The predicted molar refractivity (Wildman–Crippen MR) is 91.5 cm³/mol. The molecule has 0 radical (unpaired) electrons. The summed E-state index contributed by atoms with van der Waals surface area (Å²) in [6.07, 6.45) is 0. The lowest BCUT2D eigenvalue weighted by atomic mass is 9.97. The van der Waals surface area contributed by atoms with Gasteiger partial charge in [0, 0.05) is 24.1 Å². The summed E-state index contributed by atoms with van der Waals surface area (Å²) in [6.45, 7) is 9.50. The van der Waals surface area contributed by atoms with Crippen molar-refractivity contribution in [3.05, 3.63) is 28.8 Å². The number of amides is 1. The van der Waals surface area contributed by atoms with Gasteiger partial charge in [-0.05, 0) is 13.0 Å². The molecule has 134 valence electrons. The van der Waals surface area contributed by atoms with Crippen LogP contribution in [-0.4, -0.2) is 39.6 Å². The second kappa shape index (κ2) is 6.34. The zero-order valence-corrected chi connectivity index (χ0v) is 15.2. The van der Waals surface area contributed by atoms with Crippen molar-refractivity contribution in [1.29, 1.82) is 0 Å². The maximum absolute atomic E-state index is 12.4. The van der Waals surface area contributed by atoms with Gasteiger partial charge >= 0.3 is 6.01 Å². The molecule has 0 bridgehead atoms. The van der Waals surface area contributed by atoms with Gasteiger partial charge in [-0.1, -0.05) is 25.9 Å². The molecule has 0 unspecified atom stereocenters. The third kappa shape index (κ3) is 3.29. The van der Waals surface area contributed by atoms with Gasteiger partial charge < -0.3 is 19.4 Å². The van der Waals surface area contributed by atoms with E-state index in [1.54, 1.807) is 12.0 Å². The fraction of sp³-hybridized carbons (Fsp3) is 0.529. The maximum atomic E-state index is 12.4. The summed E-state index contributed by atoms with van der Waals surface area (Å²) in [5, 5.41) is 11.1. The Kier molecular flexibility index (Phi) is 4.36. The average molecular weight is 345 g/mol. The van der Waals surface area contributed by atoms with Gasteiger partial charge in [0.25, 0.3) is 5.91 Å². The van der Waals surface area contributed by atoms with Crippen molar-refractivity contribution in [2.75, 3.05) is 19.0 Å². The molecule has 0 aromatic carbocycles. The van der Waals surface area contributed by atoms with E-state index in [2.05, 4.69) is 20.5 Å². The normalized spacial score (nSPS) is 14.0. The Balaban J connectivity index is 1.80. The zero-order valence-electron chi connectivity index (χ0n) is 15.2. The molecule has 1 N–H and O–H groups in total. The van der Waals surface area contributed by atoms with Crippen molar-refractivity contribution in [3.8, 4) is 5.88 Å². The smallest absolute Gasteiger partial charge is 0.315 e. The monoisotopic (exact) mass is 345 g/mol.